The number of hydrogen-bond acceptors (Lipinski definition) is 4. The summed E-state index contributed by atoms with van der Waals surface area (Å²) in [5.41, 5.74) is 1.36. The highest BCUT2D eigenvalue weighted by molar-refractivity contribution is 7.81. The van der Waals surface area contributed by atoms with Crippen LogP contribution in [0.4, 0.5) is 5.69 Å². The first-order valence-corrected chi connectivity index (χ1v) is 7.83. The van der Waals surface area contributed by atoms with Crippen LogP contribution in [0.2, 0.25) is 0 Å². The zero-order chi connectivity index (χ0) is 13.1. The number of rotatable bonds is 2. The molecule has 1 aliphatic heterocycles. The van der Waals surface area contributed by atoms with Crippen molar-refractivity contribution < 1.29 is 0 Å². The van der Waals surface area contributed by atoms with Crippen molar-refractivity contribution in [1.82, 2.24) is 10.2 Å². The second-order valence-electron chi connectivity index (χ2n) is 5.56. The number of nitrogens with one attached hydrogen (secondary N) is 1. The normalized spacial score (nSPS) is 26.6. The number of anilines is 1. The van der Waals surface area contributed by atoms with E-state index >= 15 is 0 Å². The molecule has 1 aromatic rings. The minimum atomic E-state index is 0.113. The van der Waals surface area contributed by atoms with Crippen molar-refractivity contribution in [3.05, 3.63) is 30.3 Å². The van der Waals surface area contributed by atoms with Crippen LogP contribution in [0, 0.1) is 0 Å². The molecule has 104 valence electrons. The van der Waals surface area contributed by atoms with Crippen LogP contribution in [0.3, 0.4) is 0 Å². The van der Waals surface area contributed by atoms with Crippen LogP contribution in [0.15, 0.2) is 30.3 Å². The summed E-state index contributed by atoms with van der Waals surface area (Å²) in [5, 5.41) is 3.49. The highest BCUT2D eigenvalue weighted by Gasteiger charge is 2.29. The quantitative estimate of drug-likeness (QED) is 0.811. The molecule has 1 aromatic carbocycles. The Kier molecular flexibility index (Phi) is 4.31. The van der Waals surface area contributed by atoms with E-state index in [9.17, 15) is 0 Å². The van der Waals surface area contributed by atoms with E-state index in [0.717, 1.165) is 19.4 Å². The van der Waals surface area contributed by atoms with E-state index in [1.165, 1.54) is 37.8 Å². The molecule has 0 spiro atoms. The predicted molar refractivity (Wildman–Crippen MR) is 83.3 cm³/mol. The van der Waals surface area contributed by atoms with E-state index < -0.39 is 0 Å². The number of nitrogens with zero attached hydrogens (tertiary/aromatic N) is 2. The highest BCUT2D eigenvalue weighted by Crippen LogP contribution is 2.26. The van der Waals surface area contributed by atoms with Crippen molar-refractivity contribution in [2.45, 2.75) is 43.6 Å². The lowest BCUT2D eigenvalue weighted by atomic mass is 9.94. The first-order chi connectivity index (χ1) is 9.34. The molecule has 2 aliphatic rings. The van der Waals surface area contributed by atoms with Crippen molar-refractivity contribution in [2.24, 2.45) is 0 Å². The van der Waals surface area contributed by atoms with E-state index in [4.69, 9.17) is 0 Å². The van der Waals surface area contributed by atoms with Gasteiger partial charge in [-0.05, 0) is 25.0 Å². The first kappa shape index (κ1) is 13.3. The fraction of sp³-hybridized carbons (Fsp3) is 0.600. The third kappa shape index (κ3) is 3.07. The summed E-state index contributed by atoms with van der Waals surface area (Å²) in [4.78, 5) is 4.90. The monoisotopic (exact) mass is 277 g/mol. The summed E-state index contributed by atoms with van der Waals surface area (Å²) >= 11 is 4.66. The predicted octanol–water partition coefficient (Wildman–Crippen LogP) is 2.86. The van der Waals surface area contributed by atoms with Gasteiger partial charge in [-0.2, -0.15) is 0 Å². The van der Waals surface area contributed by atoms with Gasteiger partial charge in [-0.15, -0.1) is 12.6 Å². The molecule has 1 atom stereocenters. The number of hydrogen-bond donors (Lipinski definition) is 2. The fourth-order valence-corrected chi connectivity index (χ4v) is 3.45. The minimum Gasteiger partial charge on any atom is -0.334 e. The molecule has 0 bridgehead atoms. The smallest absolute Gasteiger partial charge is 0.127 e. The van der Waals surface area contributed by atoms with Crippen molar-refractivity contribution in [2.75, 3.05) is 18.2 Å². The standard InChI is InChI=1S/C15H23N3S/c19-15-16-11-17(13-7-3-1-4-8-13)12-18(15)14-9-5-2-6-10-14/h2,5-6,9-10,13,15-16,19H,1,3-4,7-8,11-12H2/t15-/m0/s1. The lowest BCUT2D eigenvalue weighted by molar-refractivity contribution is 0.119. The molecule has 4 heteroatoms. The molecule has 3 rings (SSSR count). The zero-order valence-electron chi connectivity index (χ0n) is 11.3. The Bertz CT molecular complexity index is 392. The van der Waals surface area contributed by atoms with Crippen LogP contribution in [0.25, 0.3) is 0 Å². The van der Waals surface area contributed by atoms with Crippen molar-refractivity contribution in [3.8, 4) is 0 Å². The van der Waals surface area contributed by atoms with Gasteiger partial charge in [0.25, 0.3) is 0 Å². The Balaban J connectivity index is 1.70. The Labute approximate surface area is 121 Å². The summed E-state index contributed by atoms with van der Waals surface area (Å²) in [6, 6.07) is 11.3. The van der Waals surface area contributed by atoms with Crippen LogP contribution in [-0.4, -0.2) is 29.8 Å². The number of benzene rings is 1. The third-order valence-electron chi connectivity index (χ3n) is 4.29. The fourth-order valence-electron chi connectivity index (χ4n) is 3.17. The maximum absolute atomic E-state index is 4.66. The molecule has 3 nitrogen and oxygen atoms in total. The van der Waals surface area contributed by atoms with Crippen molar-refractivity contribution in [1.29, 1.82) is 0 Å². The van der Waals surface area contributed by atoms with Crippen molar-refractivity contribution in [3.63, 3.8) is 0 Å². The van der Waals surface area contributed by atoms with Gasteiger partial charge in [0.2, 0.25) is 0 Å². The molecule has 1 N–H and O–H groups in total. The summed E-state index contributed by atoms with van der Waals surface area (Å²) < 4.78 is 0. The van der Waals surface area contributed by atoms with Gasteiger partial charge in [0.1, 0.15) is 5.50 Å². The topological polar surface area (TPSA) is 18.5 Å². The third-order valence-corrected chi connectivity index (χ3v) is 4.75. The molecule has 1 saturated heterocycles. The maximum Gasteiger partial charge on any atom is 0.127 e. The van der Waals surface area contributed by atoms with Gasteiger partial charge in [0.05, 0.1) is 13.3 Å². The van der Waals surface area contributed by atoms with E-state index in [1.54, 1.807) is 0 Å². The zero-order valence-corrected chi connectivity index (χ0v) is 12.2. The summed E-state index contributed by atoms with van der Waals surface area (Å²) in [7, 11) is 0. The van der Waals surface area contributed by atoms with Crippen LogP contribution in [-0.2, 0) is 0 Å². The van der Waals surface area contributed by atoms with Gasteiger partial charge in [0, 0.05) is 11.7 Å². The molecule has 0 amide bonds. The van der Waals surface area contributed by atoms with Gasteiger partial charge in [0.15, 0.2) is 0 Å². The minimum absolute atomic E-state index is 0.113. The van der Waals surface area contributed by atoms with Crippen LogP contribution in [0.5, 0.6) is 0 Å². The van der Waals surface area contributed by atoms with Crippen LogP contribution in [0.1, 0.15) is 32.1 Å². The molecule has 1 heterocycles. The molecule has 2 fully saturated rings. The highest BCUT2D eigenvalue weighted by atomic mass is 32.1. The maximum atomic E-state index is 4.66. The van der Waals surface area contributed by atoms with Crippen molar-refractivity contribution >= 4 is 18.3 Å². The van der Waals surface area contributed by atoms with Gasteiger partial charge in [-0.1, -0.05) is 37.5 Å². The molecule has 19 heavy (non-hydrogen) atoms. The lowest BCUT2D eigenvalue weighted by Crippen LogP contribution is -2.60. The molecule has 0 radical (unpaired) electrons. The average molecular weight is 277 g/mol. The van der Waals surface area contributed by atoms with Gasteiger partial charge >= 0.3 is 0 Å². The Morgan fingerprint density at radius 1 is 1.05 bits per heavy atom. The lowest BCUT2D eigenvalue weighted by Gasteiger charge is -2.45. The number of para-hydroxylation sites is 1. The van der Waals surface area contributed by atoms with Gasteiger partial charge < -0.3 is 4.90 Å². The van der Waals surface area contributed by atoms with E-state index in [0.29, 0.717) is 0 Å². The second-order valence-corrected chi connectivity index (χ2v) is 6.05. The second kappa shape index (κ2) is 6.16. The van der Waals surface area contributed by atoms with Crippen LogP contribution < -0.4 is 10.2 Å². The summed E-state index contributed by atoms with van der Waals surface area (Å²) in [6.45, 7) is 1.94. The molecular weight excluding hydrogens is 254 g/mol. The van der Waals surface area contributed by atoms with E-state index in [2.05, 4.69) is 58.1 Å². The summed E-state index contributed by atoms with van der Waals surface area (Å²) in [6.07, 6.45) is 6.88. The van der Waals surface area contributed by atoms with Gasteiger partial charge in [-0.25, -0.2) is 0 Å². The summed E-state index contributed by atoms with van der Waals surface area (Å²) in [5.74, 6) is 0. The molecule has 0 unspecified atom stereocenters. The van der Waals surface area contributed by atoms with Crippen LogP contribution >= 0.6 is 12.6 Å². The molecule has 1 aliphatic carbocycles. The molecule has 1 saturated carbocycles. The Hall–Kier alpha value is -0.710. The number of thiol groups is 1. The molecule has 0 aromatic heterocycles. The van der Waals surface area contributed by atoms with E-state index in [1.807, 2.05) is 0 Å². The molecular formula is C15H23N3S. The first-order valence-electron chi connectivity index (χ1n) is 7.32. The Morgan fingerprint density at radius 2 is 1.79 bits per heavy atom. The Morgan fingerprint density at radius 3 is 2.53 bits per heavy atom. The van der Waals surface area contributed by atoms with E-state index in [-0.39, 0.29) is 5.50 Å². The van der Waals surface area contributed by atoms with Gasteiger partial charge in [-0.3, -0.25) is 10.2 Å². The average Bonchev–Trinajstić information content (AvgIpc) is 2.49. The SMILES string of the molecule is S[C@H]1NCN(C2CCCCC2)CN1c1ccccc1. The largest absolute Gasteiger partial charge is 0.334 e.